The maximum Gasteiger partial charge on any atom is 0.348 e. The van der Waals surface area contributed by atoms with Crippen LogP contribution in [0, 0.1) is 0 Å². The number of hydrogen-bond acceptors (Lipinski definition) is 7. The molecule has 0 aliphatic heterocycles. The molecule has 0 radical (unpaired) electrons. The van der Waals surface area contributed by atoms with Crippen molar-refractivity contribution in [1.29, 1.82) is 0 Å². The molecule has 180 valence electrons. The smallest absolute Gasteiger partial charge is 0.348 e. The zero-order valence-corrected chi connectivity index (χ0v) is 19.8. The minimum absolute atomic E-state index is 0.000910. The number of carbonyl (C=O) groups is 1. The number of hydrogen-bond donors (Lipinski definition) is 3. The van der Waals surface area contributed by atoms with Gasteiger partial charge in [-0.1, -0.05) is 23.2 Å². The molecule has 13 heteroatoms. The number of carboxylic acids is 1. The molecule has 35 heavy (non-hydrogen) atoms. The van der Waals surface area contributed by atoms with Crippen molar-refractivity contribution in [2.45, 2.75) is 11.1 Å². The summed E-state index contributed by atoms with van der Waals surface area (Å²) in [5.74, 6) is -1.64. The maximum absolute atomic E-state index is 13.5. The molecule has 1 heterocycles. The molecule has 3 aromatic carbocycles. The molecule has 0 bridgehead atoms. The molecule has 0 aliphatic carbocycles. The second kappa shape index (κ2) is 9.10. The number of phenolic OH excluding ortho intramolecular Hbond substituents is 1. The molecule has 0 aliphatic rings. The van der Waals surface area contributed by atoms with Crippen LogP contribution in [-0.2, 0) is 14.8 Å². The first kappa shape index (κ1) is 24.3. The Morgan fingerprint density at radius 2 is 1.51 bits per heavy atom. The summed E-state index contributed by atoms with van der Waals surface area (Å²) in [6.07, 6.45) is -1.86. The molecule has 1 atom stereocenters. The third-order valence-corrected chi connectivity index (χ3v) is 7.19. The van der Waals surface area contributed by atoms with Gasteiger partial charge in [-0.05, 0) is 66.7 Å². The lowest BCUT2D eigenvalue weighted by Crippen LogP contribution is -2.47. The van der Waals surface area contributed by atoms with E-state index in [2.05, 4.69) is 5.32 Å². The van der Waals surface area contributed by atoms with Crippen LogP contribution in [0.3, 0.4) is 0 Å². The molecule has 0 saturated heterocycles. The van der Waals surface area contributed by atoms with Gasteiger partial charge in [-0.25, -0.2) is 18.0 Å². The van der Waals surface area contributed by atoms with Crippen LogP contribution in [0.4, 0.5) is 5.69 Å². The average molecular weight is 536 g/mol. The number of benzene rings is 3. The van der Waals surface area contributed by atoms with Gasteiger partial charge >= 0.3 is 11.7 Å². The van der Waals surface area contributed by atoms with E-state index in [1.54, 1.807) is 0 Å². The zero-order chi connectivity index (χ0) is 25.5. The second-order valence-electron chi connectivity index (χ2n) is 7.27. The van der Waals surface area contributed by atoms with Crippen molar-refractivity contribution >= 4 is 55.8 Å². The molecule has 0 spiro atoms. The topological polar surface area (TPSA) is 148 Å². The number of aromatic nitrogens is 2. The Kier molecular flexibility index (Phi) is 6.32. The Morgan fingerprint density at radius 1 is 0.914 bits per heavy atom. The van der Waals surface area contributed by atoms with E-state index in [1.165, 1.54) is 54.6 Å². The van der Waals surface area contributed by atoms with E-state index in [0.29, 0.717) is 4.57 Å². The fourth-order valence-corrected chi connectivity index (χ4v) is 5.00. The molecule has 1 aromatic heterocycles. The van der Waals surface area contributed by atoms with Crippen LogP contribution >= 0.6 is 23.2 Å². The van der Waals surface area contributed by atoms with E-state index in [1.807, 2.05) is 0 Å². The number of rotatable bonds is 6. The Bertz CT molecular complexity index is 1680. The van der Waals surface area contributed by atoms with E-state index in [9.17, 15) is 33.0 Å². The van der Waals surface area contributed by atoms with Crippen LogP contribution in [0.15, 0.2) is 81.2 Å². The molecule has 0 amide bonds. The molecule has 0 saturated carbocycles. The minimum Gasteiger partial charge on any atom is -0.508 e. The maximum atomic E-state index is 13.5. The Morgan fingerprint density at radius 3 is 2.11 bits per heavy atom. The molecular formula is C22H15Cl2N3O7S. The zero-order valence-electron chi connectivity index (χ0n) is 17.4. The number of phenols is 1. The summed E-state index contributed by atoms with van der Waals surface area (Å²) < 4.78 is 27.3. The quantitative estimate of drug-likeness (QED) is 0.319. The van der Waals surface area contributed by atoms with E-state index >= 15 is 0 Å². The van der Waals surface area contributed by atoms with Gasteiger partial charge in [-0.2, -0.15) is 0 Å². The fraction of sp³-hybridized carbons (Fsp3) is 0.0455. The molecule has 1 unspecified atom stereocenters. The van der Waals surface area contributed by atoms with Gasteiger partial charge in [0.15, 0.2) is 0 Å². The largest absolute Gasteiger partial charge is 0.508 e. The van der Waals surface area contributed by atoms with Gasteiger partial charge in [0.1, 0.15) is 5.75 Å². The molecule has 4 rings (SSSR count). The molecular weight excluding hydrogens is 521 g/mol. The number of aliphatic carboxylic acids is 1. The highest BCUT2D eigenvalue weighted by Gasteiger charge is 2.30. The van der Waals surface area contributed by atoms with E-state index in [-0.39, 0.29) is 36.4 Å². The first-order chi connectivity index (χ1) is 16.5. The summed E-state index contributed by atoms with van der Waals surface area (Å²) in [6.45, 7) is 0. The second-order valence-corrected chi connectivity index (χ2v) is 9.93. The fourth-order valence-electron chi connectivity index (χ4n) is 3.41. The molecule has 10 nitrogen and oxygen atoms in total. The Balaban J connectivity index is 2.06. The van der Waals surface area contributed by atoms with Crippen LogP contribution in [0.5, 0.6) is 5.75 Å². The van der Waals surface area contributed by atoms with E-state index in [0.717, 1.165) is 12.1 Å². The lowest BCUT2D eigenvalue weighted by atomic mass is 10.2. The Labute approximate surface area is 207 Å². The van der Waals surface area contributed by atoms with Gasteiger partial charge in [0.25, 0.3) is 15.6 Å². The summed E-state index contributed by atoms with van der Waals surface area (Å²) in [7, 11) is -4.75. The van der Waals surface area contributed by atoms with Crippen molar-refractivity contribution in [3.05, 3.63) is 97.6 Å². The number of anilines is 1. The van der Waals surface area contributed by atoms with Gasteiger partial charge in [-0.3, -0.25) is 9.36 Å². The minimum atomic E-state index is -4.75. The van der Waals surface area contributed by atoms with Crippen molar-refractivity contribution in [1.82, 2.24) is 8.54 Å². The predicted octanol–water partition coefficient (Wildman–Crippen LogP) is 3.11. The molecule has 0 fully saturated rings. The highest BCUT2D eigenvalue weighted by Crippen LogP contribution is 2.23. The standard InChI is InChI=1S/C22H15Cl2N3O7S/c23-12-1-8-16(9-2-12)35(33,34)27-20(29)17-10-3-13(24)11-18(17)26(22(27)32)19(21(30)31)25-14-4-6-15(28)7-5-14/h1-11,19,25,28H,(H,30,31). The van der Waals surface area contributed by atoms with Gasteiger partial charge in [0.2, 0.25) is 6.17 Å². The van der Waals surface area contributed by atoms with Crippen molar-refractivity contribution in [3.63, 3.8) is 0 Å². The van der Waals surface area contributed by atoms with Crippen LogP contribution in [0.1, 0.15) is 6.17 Å². The monoisotopic (exact) mass is 535 g/mol. The van der Waals surface area contributed by atoms with Gasteiger partial charge in [0, 0.05) is 15.7 Å². The third-order valence-electron chi connectivity index (χ3n) is 5.03. The predicted molar refractivity (Wildman–Crippen MR) is 130 cm³/mol. The number of fused-ring (bicyclic) bond motifs is 1. The van der Waals surface area contributed by atoms with Gasteiger partial charge in [0.05, 0.1) is 15.8 Å². The van der Waals surface area contributed by atoms with Crippen molar-refractivity contribution in [2.24, 2.45) is 0 Å². The molecule has 4 aromatic rings. The normalized spacial score (nSPS) is 12.4. The van der Waals surface area contributed by atoms with Crippen LogP contribution in [0.25, 0.3) is 10.9 Å². The highest BCUT2D eigenvalue weighted by molar-refractivity contribution is 7.90. The lowest BCUT2D eigenvalue weighted by molar-refractivity contribution is -0.140. The van der Waals surface area contributed by atoms with Crippen molar-refractivity contribution in [3.8, 4) is 5.75 Å². The third kappa shape index (κ3) is 4.48. The van der Waals surface area contributed by atoms with Crippen molar-refractivity contribution < 1.29 is 23.4 Å². The highest BCUT2D eigenvalue weighted by atomic mass is 35.5. The molecule has 3 N–H and O–H groups in total. The Hall–Kier alpha value is -3.80. The summed E-state index contributed by atoms with van der Waals surface area (Å²) in [4.78, 5) is 38.6. The summed E-state index contributed by atoms with van der Waals surface area (Å²) in [6, 6.07) is 13.7. The van der Waals surface area contributed by atoms with Crippen LogP contribution in [-0.4, -0.2) is 33.1 Å². The summed E-state index contributed by atoms with van der Waals surface area (Å²) in [5, 5.41) is 22.1. The average Bonchev–Trinajstić information content (AvgIpc) is 2.79. The van der Waals surface area contributed by atoms with E-state index < -0.39 is 38.3 Å². The summed E-state index contributed by atoms with van der Waals surface area (Å²) >= 11 is 11.9. The number of carboxylic acid groups (broad SMARTS) is 1. The van der Waals surface area contributed by atoms with Crippen LogP contribution in [0.2, 0.25) is 10.0 Å². The lowest BCUT2D eigenvalue weighted by Gasteiger charge is -2.22. The number of aromatic hydroxyl groups is 1. The van der Waals surface area contributed by atoms with Crippen LogP contribution < -0.4 is 16.6 Å². The SMILES string of the molecule is O=C(O)C(Nc1ccc(O)cc1)n1c(=O)n(S(=O)(=O)c2ccc(Cl)cc2)c(=O)c2ccc(Cl)cc21. The van der Waals surface area contributed by atoms with E-state index in [4.69, 9.17) is 23.2 Å². The first-order valence-corrected chi connectivity index (χ1v) is 12.0. The van der Waals surface area contributed by atoms with Crippen molar-refractivity contribution in [2.75, 3.05) is 5.32 Å². The number of halogens is 2. The first-order valence-electron chi connectivity index (χ1n) is 9.77. The number of nitrogens with zero attached hydrogens (tertiary/aromatic N) is 2. The van der Waals surface area contributed by atoms with Gasteiger partial charge in [-0.15, -0.1) is 3.97 Å². The summed E-state index contributed by atoms with van der Waals surface area (Å²) in [5.41, 5.74) is -2.62. The number of nitrogens with one attached hydrogen (secondary N) is 1. The van der Waals surface area contributed by atoms with Gasteiger partial charge < -0.3 is 15.5 Å².